The van der Waals surface area contributed by atoms with Crippen molar-refractivity contribution in [3.8, 4) is 0 Å². The van der Waals surface area contributed by atoms with Crippen molar-refractivity contribution in [1.29, 1.82) is 0 Å². The van der Waals surface area contributed by atoms with Crippen LogP contribution in [-0.4, -0.2) is 30.9 Å². The van der Waals surface area contributed by atoms with Gasteiger partial charge in [-0.05, 0) is 23.5 Å². The number of nitrogens with zero attached hydrogens (tertiary/aromatic N) is 1. The molecule has 96 valence electrons. The van der Waals surface area contributed by atoms with Crippen molar-refractivity contribution < 1.29 is 14.3 Å². The van der Waals surface area contributed by atoms with E-state index in [1.807, 2.05) is 18.2 Å². The van der Waals surface area contributed by atoms with Crippen LogP contribution < -0.4 is 0 Å². The predicted octanol–water partition coefficient (Wildman–Crippen LogP) is 1.87. The molecule has 0 N–H and O–H groups in total. The lowest BCUT2D eigenvalue weighted by atomic mass is 10.0. The fourth-order valence-corrected chi connectivity index (χ4v) is 2.60. The number of amides is 1. The molecule has 1 aliphatic rings. The minimum absolute atomic E-state index is 0.00568. The Morgan fingerprint density at radius 1 is 1.44 bits per heavy atom. The van der Waals surface area contributed by atoms with Gasteiger partial charge in [0.15, 0.2) is 0 Å². The van der Waals surface area contributed by atoms with Gasteiger partial charge in [0.2, 0.25) is 6.41 Å². The van der Waals surface area contributed by atoms with E-state index in [4.69, 9.17) is 0 Å². The molecule has 1 amide bonds. The lowest BCUT2D eigenvalue weighted by Gasteiger charge is -2.24. The van der Waals surface area contributed by atoms with Crippen molar-refractivity contribution in [3.05, 3.63) is 35.4 Å². The third-order valence-electron chi connectivity index (χ3n) is 3.54. The molecule has 0 aliphatic heterocycles. The van der Waals surface area contributed by atoms with Gasteiger partial charge in [0.05, 0.1) is 13.2 Å². The van der Waals surface area contributed by atoms with Gasteiger partial charge in [-0.15, -0.1) is 0 Å². The Labute approximate surface area is 107 Å². The number of carbonyl (C=O) groups excluding carboxylic acids is 2. The second-order valence-corrected chi connectivity index (χ2v) is 4.64. The molecule has 1 aromatic rings. The molecule has 0 spiro atoms. The maximum atomic E-state index is 11.3. The van der Waals surface area contributed by atoms with Crippen molar-refractivity contribution in [2.75, 3.05) is 13.7 Å². The maximum absolute atomic E-state index is 11.3. The normalized spacial score (nSPS) is 21.2. The molecule has 2 unspecified atom stereocenters. The van der Waals surface area contributed by atoms with E-state index < -0.39 is 0 Å². The summed E-state index contributed by atoms with van der Waals surface area (Å²) in [6.45, 7) is 2.14. The molecule has 0 radical (unpaired) electrons. The first kappa shape index (κ1) is 12.6. The minimum Gasteiger partial charge on any atom is -0.468 e. The number of carbonyl (C=O) groups is 2. The lowest BCUT2D eigenvalue weighted by Crippen LogP contribution is -2.32. The van der Waals surface area contributed by atoms with Crippen LogP contribution >= 0.6 is 0 Å². The van der Waals surface area contributed by atoms with Crippen LogP contribution in [0.2, 0.25) is 0 Å². The molecular weight excluding hydrogens is 230 g/mol. The summed E-state index contributed by atoms with van der Waals surface area (Å²) in [7, 11) is 1.33. The molecule has 0 bridgehead atoms. The number of hydrogen-bond donors (Lipinski definition) is 0. The summed E-state index contributed by atoms with van der Waals surface area (Å²) in [6, 6.07) is 8.06. The Morgan fingerprint density at radius 3 is 2.72 bits per heavy atom. The second-order valence-electron chi connectivity index (χ2n) is 4.64. The molecule has 2 rings (SSSR count). The second kappa shape index (κ2) is 5.21. The molecule has 1 aliphatic carbocycles. The molecule has 1 aromatic carbocycles. The van der Waals surface area contributed by atoms with Crippen molar-refractivity contribution in [2.24, 2.45) is 0 Å². The molecule has 0 fully saturated rings. The van der Waals surface area contributed by atoms with E-state index in [0.29, 0.717) is 5.92 Å². The molecule has 18 heavy (non-hydrogen) atoms. The Balaban J connectivity index is 2.23. The molecular formula is C14H17NO3. The van der Waals surface area contributed by atoms with E-state index in [1.54, 1.807) is 0 Å². The highest BCUT2D eigenvalue weighted by atomic mass is 16.5. The van der Waals surface area contributed by atoms with Gasteiger partial charge in [-0.1, -0.05) is 31.2 Å². The van der Waals surface area contributed by atoms with E-state index in [9.17, 15) is 9.59 Å². The van der Waals surface area contributed by atoms with Crippen LogP contribution in [0.15, 0.2) is 24.3 Å². The number of fused-ring (bicyclic) bond motifs is 1. The Hall–Kier alpha value is -1.84. The quantitative estimate of drug-likeness (QED) is 0.602. The number of ether oxygens (including phenoxy) is 1. The summed E-state index contributed by atoms with van der Waals surface area (Å²) >= 11 is 0. The number of benzene rings is 1. The first-order valence-electron chi connectivity index (χ1n) is 6.04. The summed E-state index contributed by atoms with van der Waals surface area (Å²) in [5.74, 6) is 0.0189. The van der Waals surface area contributed by atoms with Crippen LogP contribution in [0.25, 0.3) is 0 Å². The van der Waals surface area contributed by atoms with Gasteiger partial charge < -0.3 is 9.64 Å². The standard InChI is InChI=1S/C14H17NO3/c1-10-7-13(12-6-4-3-5-11(10)12)15(9-16)8-14(17)18-2/h3-6,9-10,13H,7-8H2,1-2H3. The highest BCUT2D eigenvalue weighted by Crippen LogP contribution is 2.42. The summed E-state index contributed by atoms with van der Waals surface area (Å²) in [5.41, 5.74) is 2.40. The molecule has 2 atom stereocenters. The largest absolute Gasteiger partial charge is 0.468 e. The fourth-order valence-electron chi connectivity index (χ4n) is 2.60. The Kier molecular flexibility index (Phi) is 3.65. The topological polar surface area (TPSA) is 46.6 Å². The van der Waals surface area contributed by atoms with E-state index in [2.05, 4.69) is 17.7 Å². The summed E-state index contributed by atoms with van der Waals surface area (Å²) in [6.07, 6.45) is 1.59. The van der Waals surface area contributed by atoms with Crippen LogP contribution in [0.3, 0.4) is 0 Å². The highest BCUT2D eigenvalue weighted by molar-refractivity contribution is 5.74. The number of esters is 1. The van der Waals surface area contributed by atoms with Crippen molar-refractivity contribution in [2.45, 2.75) is 25.3 Å². The van der Waals surface area contributed by atoms with Gasteiger partial charge in [-0.2, -0.15) is 0 Å². The third-order valence-corrected chi connectivity index (χ3v) is 3.54. The monoisotopic (exact) mass is 247 g/mol. The van der Waals surface area contributed by atoms with E-state index in [-0.39, 0.29) is 18.6 Å². The summed E-state index contributed by atoms with van der Waals surface area (Å²) in [5, 5.41) is 0. The average Bonchev–Trinajstić information content (AvgIpc) is 2.74. The highest BCUT2D eigenvalue weighted by Gasteiger charge is 2.32. The van der Waals surface area contributed by atoms with Gasteiger partial charge in [0, 0.05) is 0 Å². The number of methoxy groups -OCH3 is 1. The molecule has 0 saturated heterocycles. The van der Waals surface area contributed by atoms with Crippen LogP contribution in [0.1, 0.15) is 36.4 Å². The van der Waals surface area contributed by atoms with E-state index >= 15 is 0 Å². The third kappa shape index (κ3) is 2.23. The average molecular weight is 247 g/mol. The minimum atomic E-state index is -0.390. The van der Waals surface area contributed by atoms with Crippen LogP contribution in [-0.2, 0) is 14.3 Å². The fraction of sp³-hybridized carbons (Fsp3) is 0.429. The maximum Gasteiger partial charge on any atom is 0.325 e. The van der Waals surface area contributed by atoms with E-state index in [1.165, 1.54) is 17.6 Å². The van der Waals surface area contributed by atoms with Crippen molar-refractivity contribution in [3.63, 3.8) is 0 Å². The lowest BCUT2D eigenvalue weighted by molar-refractivity contribution is -0.145. The Morgan fingerprint density at radius 2 is 2.11 bits per heavy atom. The van der Waals surface area contributed by atoms with Crippen molar-refractivity contribution >= 4 is 12.4 Å². The van der Waals surface area contributed by atoms with Crippen LogP contribution in [0.4, 0.5) is 0 Å². The van der Waals surface area contributed by atoms with Crippen molar-refractivity contribution in [1.82, 2.24) is 4.90 Å². The molecule has 4 heteroatoms. The Bertz CT molecular complexity index is 458. The summed E-state index contributed by atoms with van der Waals surface area (Å²) in [4.78, 5) is 24.0. The number of hydrogen-bond acceptors (Lipinski definition) is 3. The smallest absolute Gasteiger partial charge is 0.325 e. The predicted molar refractivity (Wildman–Crippen MR) is 67.0 cm³/mol. The molecule has 4 nitrogen and oxygen atoms in total. The van der Waals surface area contributed by atoms with Gasteiger partial charge in [-0.3, -0.25) is 9.59 Å². The summed E-state index contributed by atoms with van der Waals surface area (Å²) < 4.78 is 4.62. The zero-order valence-electron chi connectivity index (χ0n) is 10.6. The first-order valence-corrected chi connectivity index (χ1v) is 6.04. The first-order chi connectivity index (χ1) is 8.67. The molecule has 0 heterocycles. The molecule has 0 saturated carbocycles. The zero-order chi connectivity index (χ0) is 13.1. The van der Waals surface area contributed by atoms with Gasteiger partial charge in [-0.25, -0.2) is 0 Å². The van der Waals surface area contributed by atoms with Gasteiger partial charge in [0.25, 0.3) is 0 Å². The van der Waals surface area contributed by atoms with Crippen LogP contribution in [0, 0.1) is 0 Å². The van der Waals surface area contributed by atoms with Crippen LogP contribution in [0.5, 0.6) is 0 Å². The van der Waals surface area contributed by atoms with Gasteiger partial charge >= 0.3 is 5.97 Å². The zero-order valence-corrected chi connectivity index (χ0v) is 10.6. The SMILES string of the molecule is COC(=O)CN(C=O)C1CC(C)c2ccccc21. The van der Waals surface area contributed by atoms with E-state index in [0.717, 1.165) is 18.4 Å². The molecule has 0 aromatic heterocycles. The van der Waals surface area contributed by atoms with Gasteiger partial charge in [0.1, 0.15) is 6.54 Å². The number of rotatable bonds is 4.